The monoisotopic (exact) mass is 268 g/mol. The van der Waals surface area contributed by atoms with Crippen LogP contribution >= 0.6 is 0 Å². The molecule has 1 amide bonds. The number of rotatable bonds is 2. The summed E-state index contributed by atoms with van der Waals surface area (Å²) in [6.07, 6.45) is -4.40. The lowest BCUT2D eigenvalue weighted by Crippen LogP contribution is -2.45. The molecule has 1 fully saturated rings. The first-order valence-corrected chi connectivity index (χ1v) is 5.87. The molecule has 1 aliphatic rings. The Morgan fingerprint density at radius 3 is 2.39 bits per heavy atom. The van der Waals surface area contributed by atoms with Gasteiger partial charge in [-0.05, 0) is 33.6 Å². The second-order valence-electron chi connectivity index (χ2n) is 5.42. The van der Waals surface area contributed by atoms with Crippen molar-refractivity contribution >= 4 is 6.09 Å². The molecule has 0 aliphatic carbocycles. The van der Waals surface area contributed by atoms with Gasteiger partial charge in [-0.2, -0.15) is 13.2 Å². The van der Waals surface area contributed by atoms with Gasteiger partial charge < -0.3 is 15.4 Å². The minimum atomic E-state index is -4.22. The largest absolute Gasteiger partial charge is 0.444 e. The normalized spacial score (nSPS) is 25.0. The van der Waals surface area contributed by atoms with E-state index in [2.05, 4.69) is 10.6 Å². The molecule has 2 unspecified atom stereocenters. The van der Waals surface area contributed by atoms with Crippen LogP contribution in [0.4, 0.5) is 18.0 Å². The topological polar surface area (TPSA) is 50.4 Å². The number of alkyl carbamates (subject to hydrolysis) is 1. The SMILES string of the molecule is CC(C)(C)OC(=O)NCC1CCC(C(F)(F)F)N1. The fourth-order valence-corrected chi connectivity index (χ4v) is 1.76. The van der Waals surface area contributed by atoms with Gasteiger partial charge in [-0.3, -0.25) is 0 Å². The van der Waals surface area contributed by atoms with E-state index >= 15 is 0 Å². The van der Waals surface area contributed by atoms with E-state index < -0.39 is 23.9 Å². The summed E-state index contributed by atoms with van der Waals surface area (Å²) in [6.45, 7) is 5.31. The molecule has 2 N–H and O–H groups in total. The summed E-state index contributed by atoms with van der Waals surface area (Å²) in [7, 11) is 0. The minimum Gasteiger partial charge on any atom is -0.444 e. The number of hydrogen-bond acceptors (Lipinski definition) is 3. The van der Waals surface area contributed by atoms with Crippen LogP contribution in [0.3, 0.4) is 0 Å². The van der Waals surface area contributed by atoms with Crippen molar-refractivity contribution in [2.24, 2.45) is 0 Å². The fourth-order valence-electron chi connectivity index (χ4n) is 1.76. The summed E-state index contributed by atoms with van der Waals surface area (Å²) >= 11 is 0. The van der Waals surface area contributed by atoms with Gasteiger partial charge in [-0.15, -0.1) is 0 Å². The lowest BCUT2D eigenvalue weighted by Gasteiger charge is -2.21. The number of hydrogen-bond donors (Lipinski definition) is 2. The molecule has 0 aromatic heterocycles. The van der Waals surface area contributed by atoms with Crippen molar-refractivity contribution in [3.63, 3.8) is 0 Å². The van der Waals surface area contributed by atoms with Gasteiger partial charge in [0.05, 0.1) is 0 Å². The molecule has 106 valence electrons. The van der Waals surface area contributed by atoms with Crippen LogP contribution in [0.1, 0.15) is 33.6 Å². The van der Waals surface area contributed by atoms with Gasteiger partial charge in [0.1, 0.15) is 11.6 Å². The zero-order chi connectivity index (χ0) is 14.0. The van der Waals surface area contributed by atoms with E-state index in [1.54, 1.807) is 20.8 Å². The van der Waals surface area contributed by atoms with Gasteiger partial charge in [0.25, 0.3) is 0 Å². The van der Waals surface area contributed by atoms with Crippen LogP contribution in [0, 0.1) is 0 Å². The lowest BCUT2D eigenvalue weighted by molar-refractivity contribution is -0.152. The van der Waals surface area contributed by atoms with Crippen LogP contribution in [0.5, 0.6) is 0 Å². The Morgan fingerprint density at radius 1 is 1.33 bits per heavy atom. The quantitative estimate of drug-likeness (QED) is 0.807. The van der Waals surface area contributed by atoms with Crippen LogP contribution < -0.4 is 10.6 Å². The van der Waals surface area contributed by atoms with Crippen molar-refractivity contribution in [3.05, 3.63) is 0 Å². The number of alkyl halides is 3. The highest BCUT2D eigenvalue weighted by Gasteiger charge is 2.43. The third kappa shape index (κ3) is 5.12. The third-order valence-electron chi connectivity index (χ3n) is 2.53. The van der Waals surface area contributed by atoms with Crippen LogP contribution in [0.25, 0.3) is 0 Å². The number of halogens is 3. The van der Waals surface area contributed by atoms with Crippen LogP contribution in [-0.2, 0) is 4.74 Å². The average molecular weight is 268 g/mol. The summed E-state index contributed by atoms with van der Waals surface area (Å²) in [4.78, 5) is 11.3. The molecule has 0 saturated carbocycles. The molecule has 2 atom stereocenters. The van der Waals surface area contributed by atoms with Crippen LogP contribution in [-0.4, -0.2) is 36.5 Å². The second-order valence-corrected chi connectivity index (χ2v) is 5.42. The van der Waals surface area contributed by atoms with E-state index in [1.165, 1.54) is 0 Å². The van der Waals surface area contributed by atoms with E-state index in [0.717, 1.165) is 0 Å². The Kier molecular flexibility index (Phi) is 4.47. The highest BCUT2D eigenvalue weighted by molar-refractivity contribution is 5.67. The molecule has 0 spiro atoms. The maximum Gasteiger partial charge on any atom is 0.407 e. The molecular formula is C11H19F3N2O2. The van der Waals surface area contributed by atoms with Crippen LogP contribution in [0.2, 0.25) is 0 Å². The van der Waals surface area contributed by atoms with E-state index in [-0.39, 0.29) is 19.0 Å². The molecule has 0 radical (unpaired) electrons. The molecule has 4 nitrogen and oxygen atoms in total. The van der Waals surface area contributed by atoms with Crippen molar-refractivity contribution in [1.29, 1.82) is 0 Å². The Bertz CT molecular complexity index is 300. The van der Waals surface area contributed by atoms with Gasteiger partial charge in [0, 0.05) is 12.6 Å². The molecule has 18 heavy (non-hydrogen) atoms. The van der Waals surface area contributed by atoms with Crippen molar-refractivity contribution < 1.29 is 22.7 Å². The molecular weight excluding hydrogens is 249 g/mol. The Balaban J connectivity index is 2.28. The zero-order valence-corrected chi connectivity index (χ0v) is 10.7. The summed E-state index contributed by atoms with van der Waals surface area (Å²) < 4.78 is 42.1. The highest BCUT2D eigenvalue weighted by atomic mass is 19.4. The Labute approximate surface area is 104 Å². The minimum absolute atomic E-state index is 0.0458. The lowest BCUT2D eigenvalue weighted by atomic mass is 10.2. The first kappa shape index (κ1) is 15.1. The third-order valence-corrected chi connectivity index (χ3v) is 2.53. The standard InChI is InChI=1S/C11H19F3N2O2/c1-10(2,3)18-9(17)15-6-7-4-5-8(16-7)11(12,13)14/h7-8,16H,4-6H2,1-3H3,(H,15,17). The van der Waals surface area contributed by atoms with Gasteiger partial charge in [0.15, 0.2) is 0 Å². The maximum absolute atomic E-state index is 12.4. The fraction of sp³-hybridized carbons (Fsp3) is 0.909. The Morgan fingerprint density at radius 2 is 1.94 bits per heavy atom. The van der Waals surface area contributed by atoms with E-state index in [4.69, 9.17) is 4.74 Å². The summed E-state index contributed by atoms with van der Waals surface area (Å²) in [5, 5.41) is 4.92. The van der Waals surface area contributed by atoms with Gasteiger partial charge in [-0.1, -0.05) is 0 Å². The van der Waals surface area contributed by atoms with Gasteiger partial charge in [-0.25, -0.2) is 4.79 Å². The van der Waals surface area contributed by atoms with Crippen molar-refractivity contribution in [1.82, 2.24) is 10.6 Å². The predicted octanol–water partition coefficient (Wildman–Crippen LogP) is 2.19. The molecule has 7 heteroatoms. The molecule has 0 aromatic carbocycles. The van der Waals surface area contributed by atoms with E-state index in [0.29, 0.717) is 6.42 Å². The number of ether oxygens (including phenoxy) is 1. The van der Waals surface area contributed by atoms with E-state index in [9.17, 15) is 18.0 Å². The summed E-state index contributed by atoms with van der Waals surface area (Å²) in [6, 6.07) is -1.83. The molecule has 0 aromatic rings. The maximum atomic E-state index is 12.4. The van der Waals surface area contributed by atoms with Crippen molar-refractivity contribution in [2.45, 2.75) is 57.5 Å². The van der Waals surface area contributed by atoms with Gasteiger partial charge in [0.2, 0.25) is 0 Å². The highest BCUT2D eigenvalue weighted by Crippen LogP contribution is 2.28. The number of amides is 1. The molecule has 0 bridgehead atoms. The van der Waals surface area contributed by atoms with Crippen LogP contribution in [0.15, 0.2) is 0 Å². The van der Waals surface area contributed by atoms with Gasteiger partial charge >= 0.3 is 12.3 Å². The second kappa shape index (κ2) is 5.34. The average Bonchev–Trinajstić information content (AvgIpc) is 2.59. The number of nitrogens with one attached hydrogen (secondary N) is 2. The number of carbonyl (C=O) groups excluding carboxylic acids is 1. The number of carbonyl (C=O) groups is 1. The molecule has 1 rings (SSSR count). The summed E-state index contributed by atoms with van der Waals surface area (Å²) in [5.74, 6) is 0. The molecule has 1 saturated heterocycles. The van der Waals surface area contributed by atoms with Crippen molar-refractivity contribution in [3.8, 4) is 0 Å². The zero-order valence-electron chi connectivity index (χ0n) is 10.7. The van der Waals surface area contributed by atoms with E-state index in [1.807, 2.05) is 0 Å². The summed E-state index contributed by atoms with van der Waals surface area (Å²) in [5.41, 5.74) is -0.609. The first-order valence-electron chi connectivity index (χ1n) is 5.87. The first-order chi connectivity index (χ1) is 8.08. The molecule has 1 aliphatic heterocycles. The Hall–Kier alpha value is -0.980. The predicted molar refractivity (Wildman–Crippen MR) is 60.2 cm³/mol. The molecule has 1 heterocycles. The van der Waals surface area contributed by atoms with Crippen molar-refractivity contribution in [2.75, 3.05) is 6.54 Å². The smallest absolute Gasteiger partial charge is 0.407 e.